The zero-order valence-corrected chi connectivity index (χ0v) is 15.1. The summed E-state index contributed by atoms with van der Waals surface area (Å²) in [5.41, 5.74) is 2.99. The maximum Gasteiger partial charge on any atom is 0.408 e. The molecule has 0 spiro atoms. The van der Waals surface area contributed by atoms with Crippen molar-refractivity contribution in [1.82, 2.24) is 5.32 Å². The SMILES string of the molecule is C#CCCC(C)(NC(=O)OCC1c2ccccc2-c2ccccc21)C(=O)O. The molecule has 0 heterocycles. The van der Waals surface area contributed by atoms with E-state index in [4.69, 9.17) is 11.2 Å². The summed E-state index contributed by atoms with van der Waals surface area (Å²) in [6.07, 6.45) is 4.82. The fraction of sp³-hybridized carbons (Fsp3) is 0.273. The Balaban J connectivity index is 1.72. The van der Waals surface area contributed by atoms with Gasteiger partial charge in [-0.25, -0.2) is 9.59 Å². The van der Waals surface area contributed by atoms with Gasteiger partial charge in [-0.05, 0) is 35.6 Å². The van der Waals surface area contributed by atoms with Crippen LogP contribution in [0.1, 0.15) is 36.8 Å². The van der Waals surface area contributed by atoms with Crippen LogP contribution in [0.3, 0.4) is 0 Å². The number of nitrogens with one attached hydrogen (secondary N) is 1. The molecule has 3 rings (SSSR count). The van der Waals surface area contributed by atoms with Gasteiger partial charge in [0.1, 0.15) is 12.1 Å². The molecule has 0 saturated carbocycles. The molecule has 0 bridgehead atoms. The van der Waals surface area contributed by atoms with Gasteiger partial charge in [-0.1, -0.05) is 48.5 Å². The van der Waals surface area contributed by atoms with Gasteiger partial charge in [0.2, 0.25) is 0 Å². The number of carbonyl (C=O) groups is 2. The zero-order valence-electron chi connectivity index (χ0n) is 15.1. The number of alkyl carbamates (subject to hydrolysis) is 1. The lowest BCUT2D eigenvalue weighted by Crippen LogP contribution is -2.52. The highest BCUT2D eigenvalue weighted by Crippen LogP contribution is 2.44. The molecule has 2 aromatic carbocycles. The molecule has 1 aliphatic carbocycles. The van der Waals surface area contributed by atoms with Crippen LogP contribution in [0.15, 0.2) is 48.5 Å². The lowest BCUT2D eigenvalue weighted by atomic mass is 9.96. The van der Waals surface area contributed by atoms with Crippen LogP contribution in [0.2, 0.25) is 0 Å². The van der Waals surface area contributed by atoms with Crippen LogP contribution in [-0.4, -0.2) is 29.3 Å². The molecule has 1 atom stereocenters. The summed E-state index contributed by atoms with van der Waals surface area (Å²) in [5, 5.41) is 11.9. The van der Waals surface area contributed by atoms with Crippen LogP contribution in [0.4, 0.5) is 4.79 Å². The number of aliphatic carboxylic acids is 1. The average molecular weight is 363 g/mol. The van der Waals surface area contributed by atoms with Crippen LogP contribution in [-0.2, 0) is 9.53 Å². The number of fused-ring (bicyclic) bond motifs is 3. The minimum absolute atomic E-state index is 0.0788. The van der Waals surface area contributed by atoms with E-state index in [0.717, 1.165) is 22.3 Å². The number of hydrogen-bond donors (Lipinski definition) is 2. The van der Waals surface area contributed by atoms with E-state index in [1.165, 1.54) is 6.92 Å². The Bertz CT molecular complexity index is 869. The second kappa shape index (κ2) is 7.55. The molecule has 2 aromatic rings. The molecule has 0 aliphatic heterocycles. The lowest BCUT2D eigenvalue weighted by molar-refractivity contribution is -0.144. The first kappa shape index (κ1) is 18.5. The van der Waals surface area contributed by atoms with Crippen molar-refractivity contribution in [2.75, 3.05) is 6.61 Å². The van der Waals surface area contributed by atoms with Crippen molar-refractivity contribution >= 4 is 12.1 Å². The second-order valence-electron chi connectivity index (χ2n) is 6.79. The van der Waals surface area contributed by atoms with Gasteiger partial charge >= 0.3 is 12.1 Å². The Morgan fingerprint density at radius 1 is 1.15 bits per heavy atom. The summed E-state index contributed by atoms with van der Waals surface area (Å²) in [6, 6.07) is 16.0. The Labute approximate surface area is 158 Å². The first-order valence-corrected chi connectivity index (χ1v) is 8.76. The molecule has 1 amide bonds. The lowest BCUT2D eigenvalue weighted by Gasteiger charge is -2.25. The molecular weight excluding hydrogens is 342 g/mol. The molecule has 27 heavy (non-hydrogen) atoms. The van der Waals surface area contributed by atoms with Gasteiger partial charge < -0.3 is 15.2 Å². The zero-order chi connectivity index (χ0) is 19.4. The van der Waals surface area contributed by atoms with E-state index in [-0.39, 0.29) is 25.4 Å². The molecule has 0 fully saturated rings. The maximum atomic E-state index is 12.3. The van der Waals surface area contributed by atoms with Crippen molar-refractivity contribution < 1.29 is 19.4 Å². The Morgan fingerprint density at radius 3 is 2.22 bits per heavy atom. The highest BCUT2D eigenvalue weighted by molar-refractivity contribution is 5.84. The Morgan fingerprint density at radius 2 is 1.70 bits per heavy atom. The van der Waals surface area contributed by atoms with Gasteiger partial charge in [0.05, 0.1) is 0 Å². The van der Waals surface area contributed by atoms with Gasteiger partial charge in [0, 0.05) is 12.3 Å². The summed E-state index contributed by atoms with van der Waals surface area (Å²) in [4.78, 5) is 23.8. The van der Waals surface area contributed by atoms with Crippen molar-refractivity contribution in [3.63, 3.8) is 0 Å². The molecular formula is C22H21NO4. The Hall–Kier alpha value is -3.26. The van der Waals surface area contributed by atoms with Crippen LogP contribution in [0, 0.1) is 12.3 Å². The number of carboxylic acids is 1. The predicted molar refractivity (Wildman–Crippen MR) is 102 cm³/mol. The minimum Gasteiger partial charge on any atom is -0.480 e. The number of amides is 1. The molecule has 5 heteroatoms. The van der Waals surface area contributed by atoms with E-state index in [0.29, 0.717) is 0 Å². The topological polar surface area (TPSA) is 75.6 Å². The van der Waals surface area contributed by atoms with Crippen molar-refractivity contribution in [3.8, 4) is 23.5 Å². The van der Waals surface area contributed by atoms with Crippen LogP contribution in [0.25, 0.3) is 11.1 Å². The molecule has 1 aliphatic rings. The second-order valence-corrected chi connectivity index (χ2v) is 6.79. The molecule has 0 aromatic heterocycles. The number of terminal acetylenes is 1. The van der Waals surface area contributed by atoms with Gasteiger partial charge in [-0.2, -0.15) is 0 Å². The van der Waals surface area contributed by atoms with E-state index >= 15 is 0 Å². The standard InChI is InChI=1S/C22H21NO4/c1-3-4-13-22(2,20(24)25)23-21(26)27-14-19-17-11-7-5-9-15(17)16-10-6-8-12-18(16)19/h1,5-12,19H,4,13-14H2,2H3,(H,23,26)(H,24,25). The fourth-order valence-electron chi connectivity index (χ4n) is 3.40. The van der Waals surface area contributed by atoms with E-state index in [9.17, 15) is 14.7 Å². The minimum atomic E-state index is -1.46. The first-order chi connectivity index (χ1) is 13.0. The van der Waals surface area contributed by atoms with E-state index in [2.05, 4.69) is 23.4 Å². The van der Waals surface area contributed by atoms with E-state index < -0.39 is 17.6 Å². The third-order valence-corrected chi connectivity index (χ3v) is 4.96. The van der Waals surface area contributed by atoms with Crippen LogP contribution >= 0.6 is 0 Å². The summed E-state index contributed by atoms with van der Waals surface area (Å²) < 4.78 is 5.40. The van der Waals surface area contributed by atoms with E-state index in [1.807, 2.05) is 36.4 Å². The largest absolute Gasteiger partial charge is 0.480 e. The van der Waals surface area contributed by atoms with Gasteiger partial charge in [0.25, 0.3) is 0 Å². The normalized spacial score (nSPS) is 14.4. The molecule has 1 unspecified atom stereocenters. The molecule has 0 radical (unpaired) electrons. The third-order valence-electron chi connectivity index (χ3n) is 4.96. The average Bonchev–Trinajstić information content (AvgIpc) is 2.98. The number of carbonyl (C=O) groups excluding carboxylic acids is 1. The van der Waals surface area contributed by atoms with Crippen molar-refractivity contribution in [1.29, 1.82) is 0 Å². The summed E-state index contributed by atoms with van der Waals surface area (Å²) in [5.74, 6) is 1.17. The molecule has 2 N–H and O–H groups in total. The van der Waals surface area contributed by atoms with Gasteiger partial charge in [-0.15, -0.1) is 12.3 Å². The van der Waals surface area contributed by atoms with Crippen LogP contribution in [0.5, 0.6) is 0 Å². The summed E-state index contributed by atoms with van der Waals surface area (Å²) >= 11 is 0. The number of rotatable bonds is 6. The maximum absolute atomic E-state index is 12.3. The number of hydrogen-bond acceptors (Lipinski definition) is 3. The number of benzene rings is 2. The highest BCUT2D eigenvalue weighted by atomic mass is 16.5. The van der Waals surface area contributed by atoms with Gasteiger partial charge in [-0.3, -0.25) is 0 Å². The predicted octanol–water partition coefficient (Wildman–Crippen LogP) is 3.78. The monoisotopic (exact) mass is 363 g/mol. The Kier molecular flexibility index (Phi) is 5.18. The van der Waals surface area contributed by atoms with Gasteiger partial charge in [0.15, 0.2) is 0 Å². The quantitative estimate of drug-likeness (QED) is 0.766. The smallest absolute Gasteiger partial charge is 0.408 e. The highest BCUT2D eigenvalue weighted by Gasteiger charge is 2.35. The third kappa shape index (κ3) is 3.65. The van der Waals surface area contributed by atoms with Crippen molar-refractivity contribution in [2.45, 2.75) is 31.2 Å². The van der Waals surface area contributed by atoms with E-state index in [1.54, 1.807) is 0 Å². The number of carboxylic acid groups (broad SMARTS) is 1. The molecule has 138 valence electrons. The molecule has 5 nitrogen and oxygen atoms in total. The van der Waals surface area contributed by atoms with Crippen molar-refractivity contribution in [2.24, 2.45) is 0 Å². The van der Waals surface area contributed by atoms with Crippen LogP contribution < -0.4 is 5.32 Å². The summed E-state index contributed by atoms with van der Waals surface area (Å²) in [6.45, 7) is 1.55. The molecule has 0 saturated heterocycles. The first-order valence-electron chi connectivity index (χ1n) is 8.76. The summed E-state index contributed by atoms with van der Waals surface area (Å²) in [7, 11) is 0. The fourth-order valence-corrected chi connectivity index (χ4v) is 3.40. The van der Waals surface area contributed by atoms with Crippen molar-refractivity contribution in [3.05, 3.63) is 59.7 Å². The number of ether oxygens (including phenoxy) is 1.